The van der Waals surface area contributed by atoms with Gasteiger partial charge in [-0.2, -0.15) is 5.26 Å². The number of unbranched alkanes of at least 4 members (excludes halogenated alkanes) is 12. The van der Waals surface area contributed by atoms with Crippen molar-refractivity contribution in [2.24, 2.45) is 0 Å². The maximum atomic E-state index is 12.1. The zero-order chi connectivity index (χ0) is 24.0. The van der Waals surface area contributed by atoms with E-state index in [0.717, 1.165) is 37.7 Å². The number of phenolic OH excluding ortho intramolecular Hbond substituents is 1. The van der Waals surface area contributed by atoms with E-state index in [1.807, 2.05) is 12.1 Å². The molecule has 0 unspecified atom stereocenters. The minimum Gasteiger partial charge on any atom is -0.508 e. The van der Waals surface area contributed by atoms with Crippen LogP contribution < -0.4 is 5.32 Å². The lowest BCUT2D eigenvalue weighted by Crippen LogP contribution is -2.38. The van der Waals surface area contributed by atoms with Crippen molar-refractivity contribution in [2.45, 2.75) is 109 Å². The third-order valence-electron chi connectivity index (χ3n) is 5.85. The number of hydrogen-bond acceptors (Lipinski definition) is 4. The molecule has 0 saturated heterocycles. The van der Waals surface area contributed by atoms with E-state index in [-0.39, 0.29) is 24.3 Å². The van der Waals surface area contributed by atoms with Gasteiger partial charge in [-0.25, -0.2) is 0 Å². The van der Waals surface area contributed by atoms with Crippen LogP contribution in [0, 0.1) is 11.3 Å². The Morgan fingerprint density at radius 3 is 2.00 bits per heavy atom. The van der Waals surface area contributed by atoms with Crippen LogP contribution in [-0.4, -0.2) is 28.8 Å². The summed E-state index contributed by atoms with van der Waals surface area (Å²) in [4.78, 5) is 12.1. The number of rotatable bonds is 20. The summed E-state index contributed by atoms with van der Waals surface area (Å²) in [6.07, 6.45) is 21.6. The maximum absolute atomic E-state index is 12.1. The van der Waals surface area contributed by atoms with Crippen molar-refractivity contribution in [1.29, 1.82) is 5.26 Å². The molecule has 0 bridgehead atoms. The highest BCUT2D eigenvalue weighted by Crippen LogP contribution is 2.12. The summed E-state index contributed by atoms with van der Waals surface area (Å²) in [6.45, 7) is -0.0938. The van der Waals surface area contributed by atoms with Crippen LogP contribution in [0.25, 0.3) is 0 Å². The van der Waals surface area contributed by atoms with Gasteiger partial charge in [-0.05, 0) is 62.6 Å². The molecule has 3 N–H and O–H groups in total. The summed E-state index contributed by atoms with van der Waals surface area (Å²) in [5, 5.41) is 30.3. The number of hydrogen-bond donors (Lipinski definition) is 3. The molecule has 0 aromatic heterocycles. The van der Waals surface area contributed by atoms with Gasteiger partial charge >= 0.3 is 0 Å². The van der Waals surface area contributed by atoms with Crippen molar-refractivity contribution in [3.8, 4) is 11.8 Å². The number of allylic oxidation sites excluding steroid dienone is 2. The second-order valence-corrected chi connectivity index (χ2v) is 8.91. The first kappa shape index (κ1) is 28.7. The Morgan fingerprint density at radius 2 is 1.42 bits per heavy atom. The Bertz CT molecular complexity index is 679. The zero-order valence-electron chi connectivity index (χ0n) is 20.3. The Labute approximate surface area is 200 Å². The molecule has 0 aliphatic heterocycles. The number of aliphatic hydroxyl groups excluding tert-OH is 1. The number of nitrogens with one attached hydrogen (secondary N) is 1. The highest BCUT2D eigenvalue weighted by molar-refractivity contribution is 5.76. The minimum absolute atomic E-state index is 0.00192. The van der Waals surface area contributed by atoms with Crippen LogP contribution in [0.15, 0.2) is 36.4 Å². The zero-order valence-corrected chi connectivity index (χ0v) is 20.3. The molecule has 1 atom stereocenters. The quantitative estimate of drug-likeness (QED) is 0.158. The van der Waals surface area contributed by atoms with Gasteiger partial charge in [-0.15, -0.1) is 0 Å². The van der Waals surface area contributed by atoms with E-state index in [4.69, 9.17) is 5.26 Å². The van der Waals surface area contributed by atoms with Gasteiger partial charge in [0.2, 0.25) is 5.91 Å². The number of carbonyl (C=O) groups excluding carboxylic acids is 1. The molecule has 184 valence electrons. The first-order chi connectivity index (χ1) is 16.2. The largest absolute Gasteiger partial charge is 0.508 e. The number of nitriles is 1. The number of aromatic hydroxyl groups is 1. The normalized spacial score (nSPS) is 12.0. The van der Waals surface area contributed by atoms with Crippen LogP contribution >= 0.6 is 0 Å². The standard InChI is InChI=1S/C28H44N2O3/c29-22-16-14-12-10-8-6-4-2-1-3-5-7-9-11-13-15-17-28(33)30-26(24-31)23-25-18-20-27(32)21-19-25/h1,3,18-21,26,31-32H,2,4-17,23-24H2,(H,30,33)/b3-1-/t26-/m0/s1. The van der Waals surface area contributed by atoms with Crippen molar-refractivity contribution in [2.75, 3.05) is 6.61 Å². The molecular formula is C28H44N2O3. The Kier molecular flexibility index (Phi) is 17.7. The van der Waals surface area contributed by atoms with Gasteiger partial charge in [-0.3, -0.25) is 4.79 Å². The molecule has 0 aliphatic rings. The number of nitrogens with zero attached hydrogens (tertiary/aromatic N) is 1. The van der Waals surface area contributed by atoms with Crippen molar-refractivity contribution in [3.63, 3.8) is 0 Å². The number of aliphatic hydroxyl groups is 1. The summed E-state index contributed by atoms with van der Waals surface area (Å²) >= 11 is 0. The van der Waals surface area contributed by atoms with E-state index in [9.17, 15) is 15.0 Å². The molecule has 0 fully saturated rings. The predicted octanol–water partition coefficient (Wildman–Crippen LogP) is 6.34. The van der Waals surface area contributed by atoms with E-state index in [2.05, 4.69) is 23.5 Å². The second kappa shape index (κ2) is 20.3. The summed E-state index contributed by atoms with van der Waals surface area (Å²) < 4.78 is 0. The van der Waals surface area contributed by atoms with E-state index in [1.165, 1.54) is 51.4 Å². The van der Waals surface area contributed by atoms with E-state index in [1.54, 1.807) is 12.1 Å². The molecule has 1 aromatic carbocycles. The lowest BCUT2D eigenvalue weighted by Gasteiger charge is -2.16. The van der Waals surface area contributed by atoms with Crippen molar-refractivity contribution in [3.05, 3.63) is 42.0 Å². The first-order valence-electron chi connectivity index (χ1n) is 12.9. The number of phenols is 1. The van der Waals surface area contributed by atoms with Gasteiger partial charge in [0.25, 0.3) is 0 Å². The average Bonchev–Trinajstić information content (AvgIpc) is 2.82. The fraction of sp³-hybridized carbons (Fsp3) is 0.643. The molecule has 1 amide bonds. The summed E-state index contributed by atoms with van der Waals surface area (Å²) in [6, 6.07) is 8.76. The molecule has 33 heavy (non-hydrogen) atoms. The van der Waals surface area contributed by atoms with Crippen molar-refractivity contribution in [1.82, 2.24) is 5.32 Å². The van der Waals surface area contributed by atoms with Crippen LogP contribution in [0.1, 0.15) is 102 Å². The molecule has 5 nitrogen and oxygen atoms in total. The average molecular weight is 457 g/mol. The number of carbonyl (C=O) groups is 1. The molecule has 0 spiro atoms. The predicted molar refractivity (Wildman–Crippen MR) is 135 cm³/mol. The van der Waals surface area contributed by atoms with E-state index >= 15 is 0 Å². The molecule has 1 rings (SSSR count). The highest BCUT2D eigenvalue weighted by Gasteiger charge is 2.12. The first-order valence-corrected chi connectivity index (χ1v) is 12.9. The fourth-order valence-corrected chi connectivity index (χ4v) is 3.86. The maximum Gasteiger partial charge on any atom is 0.220 e. The smallest absolute Gasteiger partial charge is 0.220 e. The summed E-state index contributed by atoms with van der Waals surface area (Å²) in [5.74, 6) is 0.212. The fourth-order valence-electron chi connectivity index (χ4n) is 3.86. The summed E-state index contributed by atoms with van der Waals surface area (Å²) in [5.41, 5.74) is 0.976. The molecule has 0 saturated carbocycles. The molecule has 0 radical (unpaired) electrons. The molecule has 0 heterocycles. The molecule has 5 heteroatoms. The van der Waals surface area contributed by atoms with E-state index < -0.39 is 0 Å². The van der Waals surface area contributed by atoms with Crippen LogP contribution in [-0.2, 0) is 11.2 Å². The van der Waals surface area contributed by atoms with Crippen LogP contribution in [0.5, 0.6) is 5.75 Å². The highest BCUT2D eigenvalue weighted by atomic mass is 16.3. The van der Waals surface area contributed by atoms with Crippen molar-refractivity contribution >= 4 is 5.91 Å². The van der Waals surface area contributed by atoms with Crippen molar-refractivity contribution < 1.29 is 15.0 Å². The Hall–Kier alpha value is -2.32. The third-order valence-corrected chi connectivity index (χ3v) is 5.85. The van der Waals surface area contributed by atoms with Gasteiger partial charge in [-0.1, -0.05) is 69.2 Å². The lowest BCUT2D eigenvalue weighted by atomic mass is 10.1. The minimum atomic E-state index is -0.289. The third kappa shape index (κ3) is 16.9. The van der Waals surface area contributed by atoms with Gasteiger partial charge < -0.3 is 15.5 Å². The topological polar surface area (TPSA) is 93.4 Å². The Balaban J connectivity index is 1.93. The number of amides is 1. The van der Waals surface area contributed by atoms with Gasteiger partial charge in [0.1, 0.15) is 5.75 Å². The van der Waals surface area contributed by atoms with Gasteiger partial charge in [0, 0.05) is 12.8 Å². The lowest BCUT2D eigenvalue weighted by molar-refractivity contribution is -0.122. The Morgan fingerprint density at radius 1 is 0.879 bits per heavy atom. The SMILES string of the molecule is N#CCCCCCCCC/C=C\CCCCCCCC(=O)N[C@H](CO)Cc1ccc(O)cc1. The van der Waals surface area contributed by atoms with Gasteiger partial charge in [0.15, 0.2) is 0 Å². The second-order valence-electron chi connectivity index (χ2n) is 8.91. The molecule has 1 aromatic rings. The van der Waals surface area contributed by atoms with Crippen LogP contribution in [0.2, 0.25) is 0 Å². The monoisotopic (exact) mass is 456 g/mol. The molecule has 0 aliphatic carbocycles. The molecular weight excluding hydrogens is 412 g/mol. The number of benzene rings is 1. The summed E-state index contributed by atoms with van der Waals surface area (Å²) in [7, 11) is 0. The van der Waals surface area contributed by atoms with Crippen LogP contribution in [0.4, 0.5) is 0 Å². The van der Waals surface area contributed by atoms with E-state index in [0.29, 0.717) is 19.3 Å². The van der Waals surface area contributed by atoms with Crippen LogP contribution in [0.3, 0.4) is 0 Å². The van der Waals surface area contributed by atoms with Gasteiger partial charge in [0.05, 0.1) is 18.7 Å².